The molecule has 0 unspecified atom stereocenters. The average Bonchev–Trinajstić information content (AvgIpc) is 3.35. The number of carbonyl (C=O) groups excluding carboxylic acids is 3. The second-order valence-corrected chi connectivity index (χ2v) is 7.94. The molecule has 0 aliphatic heterocycles. The highest BCUT2D eigenvalue weighted by Crippen LogP contribution is 2.39. The van der Waals surface area contributed by atoms with Crippen LogP contribution in [-0.2, 0) is 15.7 Å². The van der Waals surface area contributed by atoms with Gasteiger partial charge in [0.15, 0.2) is 5.78 Å². The highest BCUT2D eigenvalue weighted by Gasteiger charge is 2.34. The molecular formula is C23H21ClF3N5O4. The highest BCUT2D eigenvalue weighted by atomic mass is 35.5. The SMILES string of the molecule is CCCCOC(=O)Nc1cc(Cl)c(C(F)(F)F)cc1NC(=O)CC(=O)c1cccc(-n2cncn2)c1. The molecule has 0 radical (unpaired) electrons. The molecule has 0 aliphatic carbocycles. The van der Waals surface area contributed by atoms with E-state index in [9.17, 15) is 27.6 Å². The first kappa shape index (κ1) is 26.7. The number of benzene rings is 2. The van der Waals surface area contributed by atoms with Crippen LogP contribution < -0.4 is 10.6 Å². The molecule has 3 rings (SSSR count). The smallest absolute Gasteiger partial charge is 0.417 e. The summed E-state index contributed by atoms with van der Waals surface area (Å²) in [6.07, 6.45) is -2.34. The summed E-state index contributed by atoms with van der Waals surface area (Å²) in [4.78, 5) is 41.1. The van der Waals surface area contributed by atoms with Crippen LogP contribution in [-0.4, -0.2) is 39.2 Å². The van der Waals surface area contributed by atoms with Crippen molar-refractivity contribution in [1.29, 1.82) is 0 Å². The number of carbonyl (C=O) groups is 3. The third-order valence-electron chi connectivity index (χ3n) is 4.83. The van der Waals surface area contributed by atoms with Crippen LogP contribution in [0.3, 0.4) is 0 Å². The van der Waals surface area contributed by atoms with Crippen LogP contribution in [0.25, 0.3) is 5.69 Å². The van der Waals surface area contributed by atoms with Gasteiger partial charge in [-0.15, -0.1) is 0 Å². The molecule has 13 heteroatoms. The minimum absolute atomic E-state index is 0.0978. The number of nitrogens with one attached hydrogen (secondary N) is 2. The van der Waals surface area contributed by atoms with Crippen molar-refractivity contribution in [2.75, 3.05) is 17.2 Å². The molecule has 0 bridgehead atoms. The van der Waals surface area contributed by atoms with Gasteiger partial charge in [0.2, 0.25) is 5.91 Å². The van der Waals surface area contributed by atoms with Crippen LogP contribution in [0.1, 0.15) is 42.1 Å². The number of nitrogens with zero attached hydrogens (tertiary/aromatic N) is 3. The van der Waals surface area contributed by atoms with E-state index in [0.29, 0.717) is 18.2 Å². The Kier molecular flexibility index (Phi) is 8.64. The minimum atomic E-state index is -4.83. The molecule has 3 aromatic rings. The Morgan fingerprint density at radius 1 is 1.11 bits per heavy atom. The molecule has 190 valence electrons. The van der Waals surface area contributed by atoms with Crippen molar-refractivity contribution >= 4 is 40.8 Å². The highest BCUT2D eigenvalue weighted by molar-refractivity contribution is 6.32. The predicted octanol–water partition coefficient (Wildman–Crippen LogP) is 5.50. The molecule has 1 aromatic heterocycles. The number of rotatable bonds is 9. The van der Waals surface area contributed by atoms with Crippen LogP contribution in [0.5, 0.6) is 0 Å². The van der Waals surface area contributed by atoms with Gasteiger partial charge in [-0.05, 0) is 30.7 Å². The number of alkyl halides is 3. The average molecular weight is 524 g/mol. The maximum Gasteiger partial charge on any atom is 0.417 e. The van der Waals surface area contributed by atoms with Gasteiger partial charge in [-0.3, -0.25) is 14.9 Å². The lowest BCUT2D eigenvalue weighted by Gasteiger charge is -2.17. The van der Waals surface area contributed by atoms with E-state index in [1.807, 2.05) is 6.92 Å². The van der Waals surface area contributed by atoms with E-state index in [1.54, 1.807) is 12.1 Å². The fourth-order valence-corrected chi connectivity index (χ4v) is 3.33. The Hall–Kier alpha value is -3.93. The lowest BCUT2D eigenvalue weighted by atomic mass is 10.1. The molecule has 0 saturated heterocycles. The number of anilines is 2. The fraction of sp³-hybridized carbons (Fsp3) is 0.261. The third-order valence-corrected chi connectivity index (χ3v) is 5.14. The molecule has 2 amide bonds. The molecule has 0 atom stereocenters. The molecule has 2 N–H and O–H groups in total. The van der Waals surface area contributed by atoms with E-state index in [-0.39, 0.29) is 17.9 Å². The van der Waals surface area contributed by atoms with Gasteiger partial charge < -0.3 is 10.1 Å². The third kappa shape index (κ3) is 7.04. The van der Waals surface area contributed by atoms with Crippen LogP contribution in [0.4, 0.5) is 29.3 Å². The quantitative estimate of drug-likeness (QED) is 0.217. The predicted molar refractivity (Wildman–Crippen MR) is 125 cm³/mol. The summed E-state index contributed by atoms with van der Waals surface area (Å²) < 4.78 is 46.5. The van der Waals surface area contributed by atoms with Crippen molar-refractivity contribution in [1.82, 2.24) is 14.8 Å². The van der Waals surface area contributed by atoms with Crippen molar-refractivity contribution in [3.05, 3.63) is 65.2 Å². The van der Waals surface area contributed by atoms with Crippen molar-refractivity contribution in [2.24, 2.45) is 0 Å². The molecule has 2 aromatic carbocycles. The van der Waals surface area contributed by atoms with E-state index in [1.165, 1.54) is 29.5 Å². The molecule has 0 fully saturated rings. The standard InChI is InChI=1S/C23H21ClF3N5O4/c1-2-3-7-36-22(35)31-19-10-17(24)16(23(25,26)27)9-18(19)30-21(34)11-20(33)14-5-4-6-15(8-14)32-13-28-12-29-32/h4-6,8-10,12-13H,2-3,7,11H2,1H3,(H,30,34)(H,31,35). The van der Waals surface area contributed by atoms with Crippen molar-refractivity contribution < 1.29 is 32.3 Å². The second-order valence-electron chi connectivity index (χ2n) is 7.53. The number of aromatic nitrogens is 3. The summed E-state index contributed by atoms with van der Waals surface area (Å²) in [5.74, 6) is -1.49. The van der Waals surface area contributed by atoms with Crippen molar-refractivity contribution in [3.8, 4) is 5.69 Å². The second kappa shape index (κ2) is 11.7. The number of halogens is 4. The number of ketones is 1. The largest absolute Gasteiger partial charge is 0.449 e. The van der Waals surface area contributed by atoms with Gasteiger partial charge in [0.25, 0.3) is 0 Å². The first-order valence-electron chi connectivity index (χ1n) is 10.7. The van der Waals surface area contributed by atoms with Crippen LogP contribution in [0, 0.1) is 0 Å². The Bertz CT molecular complexity index is 1250. The molecule has 9 nitrogen and oxygen atoms in total. The zero-order chi connectivity index (χ0) is 26.3. The normalized spacial score (nSPS) is 11.1. The summed E-state index contributed by atoms with van der Waals surface area (Å²) in [5, 5.41) is 7.80. The fourth-order valence-electron chi connectivity index (χ4n) is 3.06. The lowest BCUT2D eigenvalue weighted by molar-refractivity contribution is -0.137. The van der Waals surface area contributed by atoms with Gasteiger partial charge in [-0.2, -0.15) is 18.3 Å². The topological polar surface area (TPSA) is 115 Å². The summed E-state index contributed by atoms with van der Waals surface area (Å²) in [7, 11) is 0. The Morgan fingerprint density at radius 2 is 1.86 bits per heavy atom. The number of unbranched alkanes of at least 4 members (excludes halogenated alkanes) is 1. The Morgan fingerprint density at radius 3 is 2.53 bits per heavy atom. The number of hydrogen-bond donors (Lipinski definition) is 2. The minimum Gasteiger partial charge on any atom is -0.449 e. The zero-order valence-corrected chi connectivity index (χ0v) is 19.7. The monoisotopic (exact) mass is 523 g/mol. The van der Waals surface area contributed by atoms with Gasteiger partial charge in [-0.25, -0.2) is 14.5 Å². The number of hydrogen-bond acceptors (Lipinski definition) is 6. The van der Waals surface area contributed by atoms with E-state index in [2.05, 4.69) is 20.7 Å². The molecule has 36 heavy (non-hydrogen) atoms. The van der Waals surface area contributed by atoms with Crippen LogP contribution in [0.15, 0.2) is 49.1 Å². The first-order valence-corrected chi connectivity index (χ1v) is 11.1. The van der Waals surface area contributed by atoms with E-state index < -0.39 is 46.7 Å². The van der Waals surface area contributed by atoms with Crippen molar-refractivity contribution in [3.63, 3.8) is 0 Å². The van der Waals surface area contributed by atoms with Gasteiger partial charge in [0, 0.05) is 5.56 Å². The summed E-state index contributed by atoms with van der Waals surface area (Å²) in [6, 6.07) is 7.67. The molecular weight excluding hydrogens is 503 g/mol. The molecule has 0 aliphatic rings. The van der Waals surface area contributed by atoms with Crippen molar-refractivity contribution in [2.45, 2.75) is 32.4 Å². The zero-order valence-electron chi connectivity index (χ0n) is 18.9. The summed E-state index contributed by atoms with van der Waals surface area (Å²) in [5.41, 5.74) is -1.13. The maximum atomic E-state index is 13.4. The van der Waals surface area contributed by atoms with E-state index in [0.717, 1.165) is 12.5 Å². The van der Waals surface area contributed by atoms with Gasteiger partial charge in [0.05, 0.1) is 40.7 Å². The van der Waals surface area contributed by atoms with Gasteiger partial charge in [0.1, 0.15) is 12.7 Å². The number of Topliss-reactive ketones (excluding diaryl/α,β-unsaturated/α-hetero) is 1. The molecule has 1 heterocycles. The summed E-state index contributed by atoms with van der Waals surface area (Å²) in [6.45, 7) is 1.98. The summed E-state index contributed by atoms with van der Waals surface area (Å²) >= 11 is 5.76. The van der Waals surface area contributed by atoms with Crippen LogP contribution in [0.2, 0.25) is 5.02 Å². The maximum absolute atomic E-state index is 13.4. The molecule has 0 spiro atoms. The Balaban J connectivity index is 1.79. The number of ether oxygens (including phenoxy) is 1. The van der Waals surface area contributed by atoms with Gasteiger partial charge >= 0.3 is 12.3 Å². The molecule has 0 saturated carbocycles. The first-order chi connectivity index (χ1) is 17.1. The van der Waals surface area contributed by atoms with E-state index >= 15 is 0 Å². The van der Waals surface area contributed by atoms with E-state index in [4.69, 9.17) is 16.3 Å². The lowest BCUT2D eigenvalue weighted by Crippen LogP contribution is -2.20. The Labute approximate surface area is 208 Å². The number of amides is 2. The van der Waals surface area contributed by atoms with Gasteiger partial charge in [-0.1, -0.05) is 37.1 Å². The van der Waals surface area contributed by atoms with Crippen LogP contribution >= 0.6 is 11.6 Å².